The fraction of sp³-hybridized carbons (Fsp3) is 0.0769. The predicted molar refractivity (Wildman–Crippen MR) is 84.9 cm³/mol. The van der Waals surface area contributed by atoms with Crippen LogP contribution in [-0.2, 0) is 6.54 Å². The van der Waals surface area contributed by atoms with Crippen LogP contribution in [0.3, 0.4) is 0 Å². The normalized spacial score (nSPS) is 10.5. The van der Waals surface area contributed by atoms with Crippen LogP contribution in [0.1, 0.15) is 5.56 Å². The van der Waals surface area contributed by atoms with Crippen molar-refractivity contribution in [3.63, 3.8) is 0 Å². The molecule has 19 heavy (non-hydrogen) atoms. The van der Waals surface area contributed by atoms with E-state index in [1.54, 1.807) is 12.1 Å². The number of rotatable bonds is 3. The average molecular weight is 454 g/mol. The Balaban J connectivity index is 2.12. The van der Waals surface area contributed by atoms with Gasteiger partial charge >= 0.3 is 0 Å². The fourth-order valence-corrected chi connectivity index (χ4v) is 3.06. The molecule has 0 unspecified atom stereocenters. The van der Waals surface area contributed by atoms with Gasteiger partial charge in [-0.2, -0.15) is 0 Å². The molecule has 0 radical (unpaired) electrons. The lowest BCUT2D eigenvalue weighted by Gasteiger charge is -2.09. The van der Waals surface area contributed by atoms with Crippen LogP contribution in [0.25, 0.3) is 0 Å². The van der Waals surface area contributed by atoms with Gasteiger partial charge in [-0.15, -0.1) is 0 Å². The molecule has 0 fully saturated rings. The van der Waals surface area contributed by atoms with Crippen molar-refractivity contribution >= 4 is 53.5 Å². The van der Waals surface area contributed by atoms with E-state index in [0.29, 0.717) is 25.7 Å². The van der Waals surface area contributed by atoms with Crippen LogP contribution in [0.15, 0.2) is 43.7 Å². The maximum absolute atomic E-state index is 13.4. The molecule has 0 atom stereocenters. The number of halogens is 4. The topological polar surface area (TPSA) is 32.3 Å². The summed E-state index contributed by atoms with van der Waals surface area (Å²) in [6.45, 7) is 0.526. The highest BCUT2D eigenvalue weighted by molar-refractivity contribution is 9.11. The molecule has 0 heterocycles. The van der Waals surface area contributed by atoms with E-state index in [1.807, 2.05) is 12.1 Å². The zero-order valence-electron chi connectivity index (χ0n) is 9.55. The van der Waals surface area contributed by atoms with Gasteiger partial charge in [-0.05, 0) is 83.7 Å². The minimum atomic E-state index is -0.307. The summed E-state index contributed by atoms with van der Waals surface area (Å²) in [6, 6.07) is 8.48. The van der Waals surface area contributed by atoms with Gasteiger partial charge in [0.2, 0.25) is 0 Å². The summed E-state index contributed by atoms with van der Waals surface area (Å²) in [7, 11) is 0. The van der Waals surface area contributed by atoms with Crippen molar-refractivity contribution in [1.29, 1.82) is 0 Å². The van der Waals surface area contributed by atoms with Gasteiger partial charge in [-0.3, -0.25) is 0 Å². The number of hydrogen-bond acceptors (Lipinski definition) is 2. The second kappa shape index (κ2) is 6.24. The fourth-order valence-electron chi connectivity index (χ4n) is 1.53. The van der Waals surface area contributed by atoms with E-state index in [1.165, 1.54) is 6.07 Å². The quantitative estimate of drug-likeness (QED) is 0.649. The van der Waals surface area contributed by atoms with E-state index in [2.05, 4.69) is 53.1 Å². The standard InChI is InChI=1S/C13H9Br3FNO/c14-9-2-1-8(5-12(9)17)18-6-7-3-10(15)13(19)11(16)4-7/h1-5,18-19H,6H2. The maximum atomic E-state index is 13.4. The minimum absolute atomic E-state index is 0.165. The Morgan fingerprint density at radius 3 is 2.21 bits per heavy atom. The van der Waals surface area contributed by atoms with Gasteiger partial charge in [0.05, 0.1) is 13.4 Å². The van der Waals surface area contributed by atoms with E-state index in [0.717, 1.165) is 5.56 Å². The third-order valence-electron chi connectivity index (χ3n) is 2.49. The Morgan fingerprint density at radius 1 is 1.00 bits per heavy atom. The van der Waals surface area contributed by atoms with Gasteiger partial charge in [-0.1, -0.05) is 0 Å². The highest BCUT2D eigenvalue weighted by atomic mass is 79.9. The molecule has 2 aromatic carbocycles. The van der Waals surface area contributed by atoms with E-state index in [9.17, 15) is 9.50 Å². The molecule has 6 heteroatoms. The molecule has 0 aliphatic carbocycles. The van der Waals surface area contributed by atoms with Gasteiger partial charge in [0.25, 0.3) is 0 Å². The van der Waals surface area contributed by atoms with Crippen LogP contribution < -0.4 is 5.32 Å². The molecule has 2 rings (SSSR count). The zero-order chi connectivity index (χ0) is 14.0. The van der Waals surface area contributed by atoms with Crippen LogP contribution >= 0.6 is 47.8 Å². The second-order valence-corrected chi connectivity index (χ2v) is 6.45. The van der Waals surface area contributed by atoms with Crippen LogP contribution in [0, 0.1) is 5.82 Å². The van der Waals surface area contributed by atoms with Crippen molar-refractivity contribution in [1.82, 2.24) is 0 Å². The van der Waals surface area contributed by atoms with Crippen molar-refractivity contribution in [2.45, 2.75) is 6.54 Å². The van der Waals surface area contributed by atoms with E-state index in [-0.39, 0.29) is 11.6 Å². The first kappa shape index (κ1) is 14.8. The summed E-state index contributed by atoms with van der Waals surface area (Å²) in [5.41, 5.74) is 1.65. The van der Waals surface area contributed by atoms with Crippen molar-refractivity contribution in [2.24, 2.45) is 0 Å². The highest BCUT2D eigenvalue weighted by Crippen LogP contribution is 2.33. The number of phenolic OH excluding ortho intramolecular Hbond substituents is 1. The van der Waals surface area contributed by atoms with Gasteiger partial charge in [0, 0.05) is 12.2 Å². The van der Waals surface area contributed by atoms with Gasteiger partial charge in [0.1, 0.15) is 11.6 Å². The average Bonchev–Trinajstić information content (AvgIpc) is 2.37. The lowest BCUT2D eigenvalue weighted by molar-refractivity contribution is 0.468. The number of anilines is 1. The van der Waals surface area contributed by atoms with Crippen molar-refractivity contribution in [3.8, 4) is 5.75 Å². The Kier molecular flexibility index (Phi) is 4.86. The highest BCUT2D eigenvalue weighted by Gasteiger charge is 2.06. The smallest absolute Gasteiger partial charge is 0.143 e. The SMILES string of the molecule is Oc1c(Br)cc(CNc2ccc(Br)c(F)c2)cc1Br. The molecule has 2 nitrogen and oxygen atoms in total. The van der Waals surface area contributed by atoms with Crippen LogP contribution in [0.5, 0.6) is 5.75 Å². The van der Waals surface area contributed by atoms with E-state index in [4.69, 9.17) is 0 Å². The Hall–Kier alpha value is -0.590. The minimum Gasteiger partial charge on any atom is -0.506 e. The van der Waals surface area contributed by atoms with Gasteiger partial charge in [0.15, 0.2) is 0 Å². The third kappa shape index (κ3) is 3.70. The summed E-state index contributed by atoms with van der Waals surface area (Å²) in [6.07, 6.45) is 0. The summed E-state index contributed by atoms with van der Waals surface area (Å²) in [5.74, 6) is -0.142. The predicted octanol–water partition coefficient (Wildman–Crippen LogP) is 5.43. The summed E-state index contributed by atoms with van der Waals surface area (Å²) in [4.78, 5) is 0. The van der Waals surface area contributed by atoms with Crippen molar-refractivity contribution in [3.05, 3.63) is 55.1 Å². The summed E-state index contributed by atoms with van der Waals surface area (Å²) >= 11 is 9.65. The number of nitrogens with one attached hydrogen (secondary N) is 1. The summed E-state index contributed by atoms with van der Waals surface area (Å²) < 4.78 is 15.0. The van der Waals surface area contributed by atoms with Gasteiger partial charge < -0.3 is 10.4 Å². The maximum Gasteiger partial charge on any atom is 0.143 e. The first-order chi connectivity index (χ1) is 8.97. The molecule has 100 valence electrons. The van der Waals surface area contributed by atoms with Crippen LogP contribution in [0.2, 0.25) is 0 Å². The third-order valence-corrected chi connectivity index (χ3v) is 4.35. The van der Waals surface area contributed by atoms with E-state index < -0.39 is 0 Å². The number of hydrogen-bond donors (Lipinski definition) is 2. The molecular formula is C13H9Br3FNO. The Morgan fingerprint density at radius 2 is 1.63 bits per heavy atom. The number of aromatic hydroxyl groups is 1. The molecule has 0 amide bonds. The molecule has 0 aliphatic heterocycles. The second-order valence-electron chi connectivity index (χ2n) is 3.89. The molecule has 0 aliphatic rings. The molecule has 0 saturated carbocycles. The molecule has 2 aromatic rings. The van der Waals surface area contributed by atoms with E-state index >= 15 is 0 Å². The monoisotopic (exact) mass is 451 g/mol. The molecule has 0 saturated heterocycles. The molecule has 0 spiro atoms. The molecule has 0 aromatic heterocycles. The van der Waals surface area contributed by atoms with Crippen molar-refractivity contribution < 1.29 is 9.50 Å². The zero-order valence-corrected chi connectivity index (χ0v) is 14.3. The largest absolute Gasteiger partial charge is 0.506 e. The lowest BCUT2D eigenvalue weighted by atomic mass is 10.2. The Labute approximate surface area is 135 Å². The lowest BCUT2D eigenvalue weighted by Crippen LogP contribution is -2.00. The molecular weight excluding hydrogens is 445 g/mol. The molecule has 0 bridgehead atoms. The first-order valence-corrected chi connectivity index (χ1v) is 7.71. The number of phenols is 1. The Bertz CT molecular complexity index is 596. The van der Waals surface area contributed by atoms with Gasteiger partial charge in [-0.25, -0.2) is 4.39 Å². The van der Waals surface area contributed by atoms with Crippen molar-refractivity contribution in [2.75, 3.05) is 5.32 Å². The van der Waals surface area contributed by atoms with Crippen LogP contribution in [0.4, 0.5) is 10.1 Å². The summed E-state index contributed by atoms with van der Waals surface area (Å²) in [5, 5.41) is 12.7. The number of benzene rings is 2. The van der Waals surface area contributed by atoms with Crippen LogP contribution in [-0.4, -0.2) is 5.11 Å². The first-order valence-electron chi connectivity index (χ1n) is 5.33. The molecule has 2 N–H and O–H groups in total.